The van der Waals surface area contributed by atoms with E-state index in [4.69, 9.17) is 4.74 Å². The first-order valence-electron chi connectivity index (χ1n) is 9.29. The predicted molar refractivity (Wildman–Crippen MR) is 108 cm³/mol. The Morgan fingerprint density at radius 1 is 0.741 bits per heavy atom. The summed E-state index contributed by atoms with van der Waals surface area (Å²) < 4.78 is 5.85. The van der Waals surface area contributed by atoms with E-state index in [0.29, 0.717) is 13.2 Å². The fourth-order valence-electron chi connectivity index (χ4n) is 3.41. The minimum atomic E-state index is -0.225. The smallest absolute Gasteiger partial charge is 0.115 e. The molecule has 27 heavy (non-hydrogen) atoms. The second-order valence-corrected chi connectivity index (χ2v) is 7.07. The number of aromatic hydroxyl groups is 2. The Bertz CT molecular complexity index is 778. The first-order chi connectivity index (χ1) is 13.1. The van der Waals surface area contributed by atoms with E-state index in [0.717, 1.165) is 24.0 Å². The molecular weight excluding hydrogens is 336 g/mol. The fraction of sp³-hybridized carbons (Fsp3) is 0.250. The largest absolute Gasteiger partial charge is 0.508 e. The van der Waals surface area contributed by atoms with Crippen LogP contribution in [0.4, 0.5) is 0 Å². The summed E-state index contributed by atoms with van der Waals surface area (Å²) in [5.74, 6) is 0.524. The Hall–Kier alpha value is -2.78. The molecule has 0 unspecified atom stereocenters. The van der Waals surface area contributed by atoms with Crippen LogP contribution >= 0.6 is 0 Å². The molecule has 3 rings (SSSR count). The highest BCUT2D eigenvalue weighted by Gasteiger charge is 2.28. The maximum absolute atomic E-state index is 9.63. The molecule has 0 aliphatic carbocycles. The fourth-order valence-corrected chi connectivity index (χ4v) is 3.41. The van der Waals surface area contributed by atoms with Gasteiger partial charge in [-0.1, -0.05) is 61.5 Å². The molecule has 0 fully saturated rings. The molecule has 0 spiro atoms. The molecule has 0 aromatic heterocycles. The Balaban J connectivity index is 1.68. The highest BCUT2D eigenvalue weighted by atomic mass is 16.5. The number of hydrogen-bond donors (Lipinski definition) is 2. The molecule has 3 aromatic carbocycles. The Labute approximate surface area is 160 Å². The molecule has 140 valence electrons. The van der Waals surface area contributed by atoms with Gasteiger partial charge in [-0.05, 0) is 53.8 Å². The molecule has 3 nitrogen and oxygen atoms in total. The van der Waals surface area contributed by atoms with Crippen molar-refractivity contribution in [3.05, 3.63) is 95.6 Å². The summed E-state index contributed by atoms with van der Waals surface area (Å²) in [5, 5.41) is 19.3. The standard InChI is InChI=1S/C24H26O3/c1-24(20-8-12-22(25)13-9-20,21-10-14-23(26)15-11-21)16-5-17-27-18-19-6-3-2-4-7-19/h2-4,6-15,25-26H,5,16-18H2,1H3. The zero-order valence-electron chi connectivity index (χ0n) is 15.6. The van der Waals surface area contributed by atoms with E-state index in [1.54, 1.807) is 24.3 Å². The van der Waals surface area contributed by atoms with Crippen molar-refractivity contribution < 1.29 is 14.9 Å². The lowest BCUT2D eigenvalue weighted by molar-refractivity contribution is 0.114. The van der Waals surface area contributed by atoms with Crippen molar-refractivity contribution in [2.75, 3.05) is 6.61 Å². The van der Waals surface area contributed by atoms with E-state index in [1.165, 1.54) is 5.56 Å². The first-order valence-corrected chi connectivity index (χ1v) is 9.29. The highest BCUT2D eigenvalue weighted by Crippen LogP contribution is 2.37. The van der Waals surface area contributed by atoms with Gasteiger partial charge in [0.15, 0.2) is 0 Å². The van der Waals surface area contributed by atoms with Crippen LogP contribution in [0.25, 0.3) is 0 Å². The molecule has 0 saturated carbocycles. The van der Waals surface area contributed by atoms with Crippen LogP contribution in [0.3, 0.4) is 0 Å². The average molecular weight is 362 g/mol. The van der Waals surface area contributed by atoms with Crippen LogP contribution in [0.1, 0.15) is 36.5 Å². The maximum atomic E-state index is 9.63. The zero-order chi connectivity index (χ0) is 19.1. The van der Waals surface area contributed by atoms with Gasteiger partial charge in [0, 0.05) is 12.0 Å². The van der Waals surface area contributed by atoms with E-state index in [2.05, 4.69) is 19.1 Å². The minimum Gasteiger partial charge on any atom is -0.508 e. The molecule has 0 atom stereocenters. The third-order valence-corrected chi connectivity index (χ3v) is 5.09. The summed E-state index contributed by atoms with van der Waals surface area (Å²) in [6.07, 6.45) is 1.81. The maximum Gasteiger partial charge on any atom is 0.115 e. The van der Waals surface area contributed by atoms with Crippen molar-refractivity contribution in [2.24, 2.45) is 0 Å². The number of ether oxygens (including phenoxy) is 1. The lowest BCUT2D eigenvalue weighted by atomic mass is 9.73. The van der Waals surface area contributed by atoms with E-state index >= 15 is 0 Å². The number of hydrogen-bond acceptors (Lipinski definition) is 3. The van der Waals surface area contributed by atoms with Gasteiger partial charge in [-0.2, -0.15) is 0 Å². The normalized spacial score (nSPS) is 11.4. The monoisotopic (exact) mass is 362 g/mol. The molecular formula is C24H26O3. The third-order valence-electron chi connectivity index (χ3n) is 5.09. The van der Waals surface area contributed by atoms with E-state index < -0.39 is 0 Å². The van der Waals surface area contributed by atoms with E-state index in [-0.39, 0.29) is 16.9 Å². The number of phenolic OH excluding ortho intramolecular Hbond substituents is 2. The van der Waals surface area contributed by atoms with Gasteiger partial charge in [0.25, 0.3) is 0 Å². The van der Waals surface area contributed by atoms with Gasteiger partial charge in [-0.25, -0.2) is 0 Å². The van der Waals surface area contributed by atoms with Gasteiger partial charge in [-0.3, -0.25) is 0 Å². The lowest BCUT2D eigenvalue weighted by Crippen LogP contribution is -2.24. The van der Waals surface area contributed by atoms with Gasteiger partial charge >= 0.3 is 0 Å². The van der Waals surface area contributed by atoms with Crippen molar-refractivity contribution in [1.29, 1.82) is 0 Å². The third kappa shape index (κ3) is 4.89. The highest BCUT2D eigenvalue weighted by molar-refractivity contribution is 5.42. The quantitative estimate of drug-likeness (QED) is 0.527. The molecule has 0 radical (unpaired) electrons. The van der Waals surface area contributed by atoms with Crippen molar-refractivity contribution in [3.8, 4) is 11.5 Å². The molecule has 0 aliphatic rings. The van der Waals surface area contributed by atoms with Crippen LogP contribution in [-0.2, 0) is 16.8 Å². The van der Waals surface area contributed by atoms with Crippen molar-refractivity contribution in [1.82, 2.24) is 0 Å². The van der Waals surface area contributed by atoms with Crippen LogP contribution < -0.4 is 0 Å². The summed E-state index contributed by atoms with van der Waals surface area (Å²) in [4.78, 5) is 0. The second-order valence-electron chi connectivity index (χ2n) is 7.07. The first kappa shape index (κ1) is 19.0. The molecule has 0 amide bonds. The summed E-state index contributed by atoms with van der Waals surface area (Å²) >= 11 is 0. The van der Waals surface area contributed by atoms with Gasteiger partial charge < -0.3 is 14.9 Å². The topological polar surface area (TPSA) is 49.7 Å². The molecule has 3 aromatic rings. The summed E-state index contributed by atoms with van der Waals surface area (Å²) in [6.45, 7) is 3.50. The van der Waals surface area contributed by atoms with Crippen LogP contribution in [-0.4, -0.2) is 16.8 Å². The molecule has 0 bridgehead atoms. The number of phenols is 2. The molecule has 0 aliphatic heterocycles. The Kier molecular flexibility index (Phi) is 6.15. The van der Waals surface area contributed by atoms with Crippen molar-refractivity contribution in [3.63, 3.8) is 0 Å². The number of rotatable bonds is 8. The summed E-state index contributed by atoms with van der Waals surface area (Å²) in [6, 6.07) is 24.9. The Morgan fingerprint density at radius 2 is 1.26 bits per heavy atom. The van der Waals surface area contributed by atoms with Gasteiger partial charge in [-0.15, -0.1) is 0 Å². The predicted octanol–water partition coefficient (Wildman–Crippen LogP) is 5.40. The Morgan fingerprint density at radius 3 is 1.78 bits per heavy atom. The van der Waals surface area contributed by atoms with Gasteiger partial charge in [0.1, 0.15) is 11.5 Å². The minimum absolute atomic E-state index is 0.225. The second kappa shape index (κ2) is 8.74. The average Bonchev–Trinajstić information content (AvgIpc) is 2.69. The summed E-state index contributed by atoms with van der Waals surface area (Å²) in [5.41, 5.74) is 3.22. The van der Waals surface area contributed by atoms with Crippen LogP contribution in [0, 0.1) is 0 Å². The van der Waals surface area contributed by atoms with Crippen LogP contribution in [0.5, 0.6) is 11.5 Å². The molecule has 3 heteroatoms. The lowest BCUT2D eigenvalue weighted by Gasteiger charge is -2.31. The van der Waals surface area contributed by atoms with Crippen LogP contribution in [0.2, 0.25) is 0 Å². The van der Waals surface area contributed by atoms with Crippen molar-refractivity contribution in [2.45, 2.75) is 31.8 Å². The van der Waals surface area contributed by atoms with E-state index in [1.807, 2.05) is 42.5 Å². The molecule has 2 N–H and O–H groups in total. The SMILES string of the molecule is CC(CCCOCc1ccccc1)(c1ccc(O)cc1)c1ccc(O)cc1. The molecule has 0 heterocycles. The summed E-state index contributed by atoms with van der Waals surface area (Å²) in [7, 11) is 0. The van der Waals surface area contributed by atoms with Gasteiger partial charge in [0.05, 0.1) is 6.61 Å². The zero-order valence-corrected chi connectivity index (χ0v) is 15.6. The van der Waals surface area contributed by atoms with Crippen LogP contribution in [0.15, 0.2) is 78.9 Å². The number of benzene rings is 3. The van der Waals surface area contributed by atoms with Crippen molar-refractivity contribution >= 4 is 0 Å². The molecule has 0 saturated heterocycles. The van der Waals surface area contributed by atoms with E-state index in [9.17, 15) is 10.2 Å². The van der Waals surface area contributed by atoms with Gasteiger partial charge in [0.2, 0.25) is 0 Å².